The van der Waals surface area contributed by atoms with Crippen molar-refractivity contribution in [3.05, 3.63) is 65.2 Å². The van der Waals surface area contributed by atoms with Gasteiger partial charge in [0.1, 0.15) is 5.65 Å². The fraction of sp³-hybridized carbons (Fsp3) is 0.0625. The number of hydrogen-bond donors (Lipinski definition) is 2. The average molecular weight is 326 g/mol. The van der Waals surface area contributed by atoms with Crippen molar-refractivity contribution in [3.63, 3.8) is 0 Å². The first-order chi connectivity index (χ1) is 11.2. The summed E-state index contributed by atoms with van der Waals surface area (Å²) < 4.78 is 1.83. The molecule has 0 radical (unpaired) electrons. The van der Waals surface area contributed by atoms with Gasteiger partial charge in [0.2, 0.25) is 0 Å². The van der Waals surface area contributed by atoms with Gasteiger partial charge in [0, 0.05) is 17.8 Å². The SMILES string of the molecule is O=C(NCc1cn2cc(Cl)ccc2n1)c1cccc2cn[nH]c12. The lowest BCUT2D eigenvalue weighted by atomic mass is 10.1. The van der Waals surface area contributed by atoms with Gasteiger partial charge in [0.05, 0.1) is 34.5 Å². The van der Waals surface area contributed by atoms with Gasteiger partial charge in [-0.1, -0.05) is 23.7 Å². The summed E-state index contributed by atoms with van der Waals surface area (Å²) >= 11 is 5.95. The van der Waals surface area contributed by atoms with Crippen molar-refractivity contribution >= 4 is 34.1 Å². The molecule has 1 amide bonds. The third-order valence-corrected chi connectivity index (χ3v) is 3.84. The lowest BCUT2D eigenvalue weighted by molar-refractivity contribution is 0.0952. The fourth-order valence-electron chi connectivity index (χ4n) is 2.53. The average Bonchev–Trinajstić information content (AvgIpc) is 3.17. The molecular formula is C16H12ClN5O. The highest BCUT2D eigenvalue weighted by Crippen LogP contribution is 2.16. The number of hydrogen-bond acceptors (Lipinski definition) is 3. The first kappa shape index (κ1) is 13.8. The van der Waals surface area contributed by atoms with Crippen LogP contribution < -0.4 is 5.32 Å². The number of para-hydroxylation sites is 1. The quantitative estimate of drug-likeness (QED) is 0.608. The van der Waals surface area contributed by atoms with E-state index in [9.17, 15) is 4.79 Å². The van der Waals surface area contributed by atoms with E-state index in [1.54, 1.807) is 24.5 Å². The normalized spacial score (nSPS) is 11.2. The highest BCUT2D eigenvalue weighted by molar-refractivity contribution is 6.30. The Kier molecular flexibility index (Phi) is 3.24. The maximum absolute atomic E-state index is 12.4. The van der Waals surface area contributed by atoms with Crippen LogP contribution in [-0.4, -0.2) is 25.5 Å². The number of amides is 1. The zero-order valence-electron chi connectivity index (χ0n) is 12.0. The summed E-state index contributed by atoms with van der Waals surface area (Å²) in [6, 6.07) is 9.12. The number of fused-ring (bicyclic) bond motifs is 2. The van der Waals surface area contributed by atoms with Gasteiger partial charge in [-0.25, -0.2) is 4.98 Å². The van der Waals surface area contributed by atoms with Crippen molar-refractivity contribution in [1.29, 1.82) is 0 Å². The Bertz CT molecular complexity index is 1020. The van der Waals surface area contributed by atoms with E-state index in [1.807, 2.05) is 28.8 Å². The summed E-state index contributed by atoms with van der Waals surface area (Å²) in [5.41, 5.74) is 2.84. The summed E-state index contributed by atoms with van der Waals surface area (Å²) in [4.78, 5) is 16.8. The molecule has 0 bridgehead atoms. The van der Waals surface area contributed by atoms with E-state index >= 15 is 0 Å². The minimum atomic E-state index is -0.171. The molecule has 6 nitrogen and oxygen atoms in total. The largest absolute Gasteiger partial charge is 0.346 e. The molecule has 0 spiro atoms. The van der Waals surface area contributed by atoms with E-state index in [0.717, 1.165) is 22.2 Å². The number of aromatic amines is 1. The second-order valence-corrected chi connectivity index (χ2v) is 5.60. The van der Waals surface area contributed by atoms with Crippen LogP contribution in [0.1, 0.15) is 16.1 Å². The summed E-state index contributed by atoms with van der Waals surface area (Å²) in [5, 5.41) is 11.2. The fourth-order valence-corrected chi connectivity index (χ4v) is 2.69. The Balaban J connectivity index is 1.55. The lowest BCUT2D eigenvalue weighted by Gasteiger charge is -2.04. The van der Waals surface area contributed by atoms with Crippen LogP contribution in [0.4, 0.5) is 0 Å². The van der Waals surface area contributed by atoms with E-state index in [-0.39, 0.29) is 5.91 Å². The van der Waals surface area contributed by atoms with E-state index in [1.165, 1.54) is 0 Å². The number of halogens is 1. The van der Waals surface area contributed by atoms with Crippen LogP contribution in [0, 0.1) is 0 Å². The van der Waals surface area contributed by atoms with Crippen LogP contribution in [0.25, 0.3) is 16.6 Å². The Morgan fingerprint density at radius 3 is 3.09 bits per heavy atom. The molecule has 4 aromatic rings. The first-order valence-corrected chi connectivity index (χ1v) is 7.42. The molecule has 2 N–H and O–H groups in total. The molecule has 4 rings (SSSR count). The van der Waals surface area contributed by atoms with Gasteiger partial charge in [0.15, 0.2) is 0 Å². The third-order valence-electron chi connectivity index (χ3n) is 3.62. The molecule has 0 aliphatic rings. The maximum Gasteiger partial charge on any atom is 0.253 e. The van der Waals surface area contributed by atoms with Crippen LogP contribution in [0.15, 0.2) is 48.9 Å². The summed E-state index contributed by atoms with van der Waals surface area (Å²) in [6.45, 7) is 0.336. The topological polar surface area (TPSA) is 75.1 Å². The number of aromatic nitrogens is 4. The van der Waals surface area contributed by atoms with Crippen LogP contribution in [-0.2, 0) is 6.54 Å². The molecule has 0 saturated heterocycles. The summed E-state index contributed by atoms with van der Waals surface area (Å²) in [7, 11) is 0. The number of nitrogens with one attached hydrogen (secondary N) is 2. The van der Waals surface area contributed by atoms with Crippen LogP contribution in [0.2, 0.25) is 5.02 Å². The Hall–Kier alpha value is -2.86. The van der Waals surface area contributed by atoms with Crippen molar-refractivity contribution in [2.24, 2.45) is 0 Å². The second-order valence-electron chi connectivity index (χ2n) is 5.17. The molecule has 1 aromatic carbocycles. The van der Waals surface area contributed by atoms with Gasteiger partial charge in [-0.05, 0) is 18.2 Å². The molecule has 3 heterocycles. The van der Waals surface area contributed by atoms with Crippen molar-refractivity contribution in [1.82, 2.24) is 24.9 Å². The van der Waals surface area contributed by atoms with Gasteiger partial charge in [-0.2, -0.15) is 5.10 Å². The monoisotopic (exact) mass is 325 g/mol. The van der Waals surface area contributed by atoms with Gasteiger partial charge >= 0.3 is 0 Å². The number of carbonyl (C=O) groups excluding carboxylic acids is 1. The maximum atomic E-state index is 12.4. The Morgan fingerprint density at radius 1 is 1.26 bits per heavy atom. The van der Waals surface area contributed by atoms with E-state index in [4.69, 9.17) is 11.6 Å². The van der Waals surface area contributed by atoms with Crippen LogP contribution >= 0.6 is 11.6 Å². The molecule has 7 heteroatoms. The number of imidazole rings is 1. The van der Waals surface area contributed by atoms with Crippen molar-refractivity contribution in [2.45, 2.75) is 6.54 Å². The lowest BCUT2D eigenvalue weighted by Crippen LogP contribution is -2.23. The Labute approximate surface area is 136 Å². The number of pyridine rings is 1. The molecule has 0 unspecified atom stereocenters. The minimum absolute atomic E-state index is 0.171. The predicted molar refractivity (Wildman–Crippen MR) is 87.5 cm³/mol. The summed E-state index contributed by atoms with van der Waals surface area (Å²) in [5.74, 6) is -0.171. The van der Waals surface area contributed by atoms with Crippen molar-refractivity contribution in [3.8, 4) is 0 Å². The smallest absolute Gasteiger partial charge is 0.253 e. The molecule has 0 atom stereocenters. The van der Waals surface area contributed by atoms with E-state index < -0.39 is 0 Å². The number of H-pyrrole nitrogens is 1. The molecule has 0 fully saturated rings. The molecular weight excluding hydrogens is 314 g/mol. The van der Waals surface area contributed by atoms with Crippen molar-refractivity contribution < 1.29 is 4.79 Å². The summed E-state index contributed by atoms with van der Waals surface area (Å²) in [6.07, 6.45) is 5.32. The Morgan fingerprint density at radius 2 is 2.17 bits per heavy atom. The van der Waals surface area contributed by atoms with Crippen molar-refractivity contribution in [2.75, 3.05) is 0 Å². The molecule has 114 valence electrons. The molecule has 0 aliphatic heterocycles. The number of benzene rings is 1. The third kappa shape index (κ3) is 2.53. The first-order valence-electron chi connectivity index (χ1n) is 7.04. The second kappa shape index (κ2) is 5.40. The van der Waals surface area contributed by atoms with E-state index in [2.05, 4.69) is 20.5 Å². The van der Waals surface area contributed by atoms with Gasteiger partial charge < -0.3 is 9.72 Å². The number of carbonyl (C=O) groups is 1. The highest BCUT2D eigenvalue weighted by Gasteiger charge is 2.11. The standard InChI is InChI=1S/C16H12ClN5O/c17-11-4-5-14-20-12(9-22(14)8-11)7-18-16(23)13-3-1-2-10-6-19-21-15(10)13/h1-6,8-9H,7H2,(H,18,23)(H,19,21). The molecule has 0 saturated carbocycles. The highest BCUT2D eigenvalue weighted by atomic mass is 35.5. The minimum Gasteiger partial charge on any atom is -0.346 e. The molecule has 0 aliphatic carbocycles. The predicted octanol–water partition coefficient (Wildman–Crippen LogP) is 2.79. The van der Waals surface area contributed by atoms with Gasteiger partial charge in [-0.15, -0.1) is 0 Å². The van der Waals surface area contributed by atoms with Crippen LogP contribution in [0.5, 0.6) is 0 Å². The van der Waals surface area contributed by atoms with Crippen LogP contribution in [0.3, 0.4) is 0 Å². The van der Waals surface area contributed by atoms with Gasteiger partial charge in [-0.3, -0.25) is 9.89 Å². The van der Waals surface area contributed by atoms with E-state index in [0.29, 0.717) is 17.1 Å². The molecule has 3 aromatic heterocycles. The zero-order valence-corrected chi connectivity index (χ0v) is 12.7. The molecule has 23 heavy (non-hydrogen) atoms. The van der Waals surface area contributed by atoms with Gasteiger partial charge in [0.25, 0.3) is 5.91 Å². The number of nitrogens with zero attached hydrogens (tertiary/aromatic N) is 3. The zero-order chi connectivity index (χ0) is 15.8. The number of rotatable bonds is 3.